The third kappa shape index (κ3) is 1.50. The Morgan fingerprint density at radius 3 is 2.83 bits per heavy atom. The maximum Gasteiger partial charge on any atom is 0.187 e. The smallest absolute Gasteiger partial charge is 0.187 e. The summed E-state index contributed by atoms with van der Waals surface area (Å²) in [7, 11) is 0. The Morgan fingerprint density at radius 2 is 2.33 bits per heavy atom. The first-order valence-corrected chi connectivity index (χ1v) is 4.32. The summed E-state index contributed by atoms with van der Waals surface area (Å²) in [4.78, 5) is 1.59. The predicted octanol–water partition coefficient (Wildman–Crippen LogP) is 1.17. The average Bonchev–Trinajstić information content (AvgIpc) is 2.47. The standard InChI is InChI=1S/C8H14N4/c1-3-5-12-8(4-2)11(6-9)7-10-12/h7-8H,3-5H2,1-2H3. The van der Waals surface area contributed by atoms with Crippen LogP contribution >= 0.6 is 0 Å². The molecule has 66 valence electrons. The average molecular weight is 166 g/mol. The van der Waals surface area contributed by atoms with Crippen molar-refractivity contribution in [2.75, 3.05) is 6.54 Å². The van der Waals surface area contributed by atoms with E-state index in [1.54, 1.807) is 11.2 Å². The second-order valence-electron chi connectivity index (χ2n) is 2.79. The molecule has 4 heteroatoms. The Hall–Kier alpha value is -1.24. The van der Waals surface area contributed by atoms with Crippen molar-refractivity contribution in [3.05, 3.63) is 0 Å². The van der Waals surface area contributed by atoms with Gasteiger partial charge in [-0.25, -0.2) is 4.90 Å². The maximum atomic E-state index is 8.71. The Kier molecular flexibility index (Phi) is 2.92. The lowest BCUT2D eigenvalue weighted by atomic mass is 10.3. The number of hydrogen-bond donors (Lipinski definition) is 0. The van der Waals surface area contributed by atoms with Gasteiger partial charge in [0.25, 0.3) is 0 Å². The Bertz CT molecular complexity index is 206. The van der Waals surface area contributed by atoms with E-state index in [1.807, 2.05) is 5.01 Å². The highest BCUT2D eigenvalue weighted by molar-refractivity contribution is 5.59. The molecule has 0 N–H and O–H groups in total. The molecule has 1 heterocycles. The van der Waals surface area contributed by atoms with Gasteiger partial charge < -0.3 is 0 Å². The van der Waals surface area contributed by atoms with Crippen LogP contribution in [-0.2, 0) is 0 Å². The van der Waals surface area contributed by atoms with E-state index in [1.165, 1.54) is 0 Å². The molecule has 0 aromatic heterocycles. The van der Waals surface area contributed by atoms with Crippen molar-refractivity contribution >= 4 is 6.34 Å². The van der Waals surface area contributed by atoms with E-state index < -0.39 is 0 Å². The fraction of sp³-hybridized carbons (Fsp3) is 0.750. The van der Waals surface area contributed by atoms with E-state index in [4.69, 9.17) is 5.26 Å². The zero-order valence-corrected chi connectivity index (χ0v) is 7.56. The van der Waals surface area contributed by atoms with Crippen LogP contribution in [0.1, 0.15) is 26.7 Å². The van der Waals surface area contributed by atoms with Gasteiger partial charge in [0.2, 0.25) is 0 Å². The molecule has 0 fully saturated rings. The highest BCUT2D eigenvalue weighted by Crippen LogP contribution is 2.14. The number of rotatable bonds is 3. The van der Waals surface area contributed by atoms with Crippen molar-refractivity contribution < 1.29 is 0 Å². The van der Waals surface area contributed by atoms with E-state index in [-0.39, 0.29) is 6.17 Å². The summed E-state index contributed by atoms with van der Waals surface area (Å²) in [5, 5.41) is 14.8. The monoisotopic (exact) mass is 166 g/mol. The summed E-state index contributed by atoms with van der Waals surface area (Å²) in [5.74, 6) is 0. The summed E-state index contributed by atoms with van der Waals surface area (Å²) >= 11 is 0. The second kappa shape index (κ2) is 3.96. The van der Waals surface area contributed by atoms with Gasteiger partial charge in [-0.3, -0.25) is 5.01 Å². The molecule has 1 rings (SSSR count). The first kappa shape index (κ1) is 8.85. The third-order valence-corrected chi connectivity index (χ3v) is 1.92. The maximum absolute atomic E-state index is 8.71. The van der Waals surface area contributed by atoms with Crippen LogP contribution in [0, 0.1) is 11.5 Å². The van der Waals surface area contributed by atoms with Crippen molar-refractivity contribution in [3.63, 3.8) is 0 Å². The van der Waals surface area contributed by atoms with E-state index >= 15 is 0 Å². The van der Waals surface area contributed by atoms with Gasteiger partial charge in [0.05, 0.1) is 0 Å². The summed E-state index contributed by atoms with van der Waals surface area (Å²) in [6, 6.07) is 0. The van der Waals surface area contributed by atoms with Gasteiger partial charge >= 0.3 is 0 Å². The first-order chi connectivity index (χ1) is 5.83. The molecule has 0 amide bonds. The molecule has 1 aliphatic heterocycles. The van der Waals surface area contributed by atoms with Gasteiger partial charge in [-0.1, -0.05) is 13.8 Å². The zero-order valence-electron chi connectivity index (χ0n) is 7.56. The lowest BCUT2D eigenvalue weighted by Crippen LogP contribution is -2.36. The van der Waals surface area contributed by atoms with Gasteiger partial charge in [-0.05, 0) is 12.8 Å². The first-order valence-electron chi connectivity index (χ1n) is 4.32. The molecule has 0 aromatic rings. The topological polar surface area (TPSA) is 42.6 Å². The molecule has 1 aliphatic rings. The molecule has 12 heavy (non-hydrogen) atoms. The van der Waals surface area contributed by atoms with Gasteiger partial charge in [-0.2, -0.15) is 10.4 Å². The molecule has 4 nitrogen and oxygen atoms in total. The van der Waals surface area contributed by atoms with Crippen LogP contribution in [0.15, 0.2) is 5.10 Å². The highest BCUT2D eigenvalue weighted by atomic mass is 15.6. The summed E-state index contributed by atoms with van der Waals surface area (Å²) in [6.07, 6.45) is 5.83. The number of hydrogen-bond acceptors (Lipinski definition) is 4. The van der Waals surface area contributed by atoms with E-state index in [0.717, 1.165) is 19.4 Å². The molecule has 0 saturated heterocycles. The third-order valence-electron chi connectivity index (χ3n) is 1.92. The second-order valence-corrected chi connectivity index (χ2v) is 2.79. The van der Waals surface area contributed by atoms with Crippen LogP contribution in [0.25, 0.3) is 0 Å². The lowest BCUT2D eigenvalue weighted by Gasteiger charge is -2.24. The molecule has 0 bridgehead atoms. The van der Waals surface area contributed by atoms with Gasteiger partial charge in [-0.15, -0.1) is 0 Å². The summed E-state index contributed by atoms with van der Waals surface area (Å²) in [5.41, 5.74) is 0. The quantitative estimate of drug-likeness (QED) is 0.591. The van der Waals surface area contributed by atoms with Crippen LogP contribution in [0.5, 0.6) is 0 Å². The fourth-order valence-corrected chi connectivity index (χ4v) is 1.36. The molecule has 0 spiro atoms. The van der Waals surface area contributed by atoms with E-state index in [2.05, 4.69) is 25.1 Å². The van der Waals surface area contributed by atoms with Gasteiger partial charge in [0.1, 0.15) is 12.5 Å². The van der Waals surface area contributed by atoms with Crippen molar-refractivity contribution in [2.24, 2.45) is 5.10 Å². The van der Waals surface area contributed by atoms with Crippen LogP contribution in [0.4, 0.5) is 0 Å². The number of nitrogens with zero attached hydrogens (tertiary/aromatic N) is 4. The number of nitriles is 1. The van der Waals surface area contributed by atoms with E-state index in [0.29, 0.717) is 0 Å². The fourth-order valence-electron chi connectivity index (χ4n) is 1.36. The largest absolute Gasteiger partial charge is 0.272 e. The normalized spacial score (nSPS) is 21.6. The van der Waals surface area contributed by atoms with Gasteiger partial charge in [0, 0.05) is 6.54 Å². The zero-order chi connectivity index (χ0) is 8.97. The van der Waals surface area contributed by atoms with Crippen molar-refractivity contribution in [1.29, 1.82) is 5.26 Å². The predicted molar refractivity (Wildman–Crippen MR) is 47.0 cm³/mol. The van der Waals surface area contributed by atoms with Crippen LogP contribution in [0.2, 0.25) is 0 Å². The highest BCUT2D eigenvalue weighted by Gasteiger charge is 2.24. The van der Waals surface area contributed by atoms with E-state index in [9.17, 15) is 0 Å². The van der Waals surface area contributed by atoms with Gasteiger partial charge in [0.15, 0.2) is 6.19 Å². The van der Waals surface area contributed by atoms with Crippen LogP contribution in [0.3, 0.4) is 0 Å². The lowest BCUT2D eigenvalue weighted by molar-refractivity contribution is 0.157. The summed E-state index contributed by atoms with van der Waals surface area (Å²) < 4.78 is 0. The van der Waals surface area contributed by atoms with Crippen LogP contribution < -0.4 is 0 Å². The molecule has 0 saturated carbocycles. The molecular formula is C8H14N4. The SMILES string of the molecule is CCCN1N=CN(C#N)C1CC. The number of hydrazone groups is 1. The minimum atomic E-state index is 0.148. The van der Waals surface area contributed by atoms with Crippen molar-refractivity contribution in [2.45, 2.75) is 32.9 Å². The van der Waals surface area contributed by atoms with Crippen LogP contribution in [-0.4, -0.2) is 29.0 Å². The molecule has 1 atom stereocenters. The Morgan fingerprint density at radius 1 is 1.58 bits per heavy atom. The molecule has 1 unspecified atom stereocenters. The van der Waals surface area contributed by atoms with Crippen molar-refractivity contribution in [3.8, 4) is 6.19 Å². The Balaban J connectivity index is 2.57. The minimum Gasteiger partial charge on any atom is -0.272 e. The minimum absolute atomic E-state index is 0.148. The molecule has 0 aliphatic carbocycles. The molecular weight excluding hydrogens is 152 g/mol. The summed E-state index contributed by atoms with van der Waals surface area (Å²) in [6.45, 7) is 5.09. The molecule has 0 aromatic carbocycles. The van der Waals surface area contributed by atoms with Crippen molar-refractivity contribution in [1.82, 2.24) is 9.91 Å². The molecule has 0 radical (unpaired) electrons. The Labute approximate surface area is 73.1 Å².